The number of carbonyl (C=O) groups is 1. The summed E-state index contributed by atoms with van der Waals surface area (Å²) in [7, 11) is 0. The standard InChI is InChI=1S/C21H21N3O3/c22-12-16-13-23-7-6-19(16)27-18-10-21(11-18)8-17(9-21)24-20(25)26-14-15-4-2-1-3-5-15/h1-7,13,17-18H,8-11,14H2,(H,24,25). The predicted molar refractivity (Wildman–Crippen MR) is 97.8 cm³/mol. The van der Waals surface area contributed by atoms with E-state index in [4.69, 9.17) is 14.7 Å². The first-order valence-electron chi connectivity index (χ1n) is 9.14. The molecular weight excluding hydrogens is 342 g/mol. The molecule has 4 rings (SSSR count). The van der Waals surface area contributed by atoms with Gasteiger partial charge in [0, 0.05) is 18.4 Å². The topological polar surface area (TPSA) is 84.2 Å². The Morgan fingerprint density at radius 2 is 2.00 bits per heavy atom. The molecule has 2 fully saturated rings. The van der Waals surface area contributed by atoms with E-state index in [1.54, 1.807) is 12.3 Å². The second kappa shape index (κ2) is 7.28. The molecule has 2 aliphatic carbocycles. The van der Waals surface area contributed by atoms with E-state index in [1.165, 1.54) is 6.20 Å². The molecule has 1 amide bonds. The van der Waals surface area contributed by atoms with Gasteiger partial charge in [-0.25, -0.2) is 4.79 Å². The van der Waals surface area contributed by atoms with E-state index in [0.717, 1.165) is 31.2 Å². The maximum absolute atomic E-state index is 11.9. The van der Waals surface area contributed by atoms with Crippen molar-refractivity contribution >= 4 is 6.09 Å². The molecule has 2 aromatic rings. The number of aromatic nitrogens is 1. The van der Waals surface area contributed by atoms with Crippen LogP contribution in [0.4, 0.5) is 4.79 Å². The summed E-state index contributed by atoms with van der Waals surface area (Å²) in [5.74, 6) is 0.603. The largest absolute Gasteiger partial charge is 0.489 e. The highest BCUT2D eigenvalue weighted by atomic mass is 16.5. The summed E-state index contributed by atoms with van der Waals surface area (Å²) in [4.78, 5) is 15.9. The molecule has 1 N–H and O–H groups in total. The van der Waals surface area contributed by atoms with Crippen LogP contribution < -0.4 is 10.1 Å². The molecule has 6 heteroatoms. The molecular formula is C21H21N3O3. The average molecular weight is 363 g/mol. The number of nitrogens with one attached hydrogen (secondary N) is 1. The Kier molecular flexibility index (Phi) is 4.68. The third kappa shape index (κ3) is 3.87. The van der Waals surface area contributed by atoms with Gasteiger partial charge >= 0.3 is 6.09 Å². The van der Waals surface area contributed by atoms with Crippen molar-refractivity contribution in [3.8, 4) is 11.8 Å². The molecule has 0 atom stereocenters. The van der Waals surface area contributed by atoms with Crippen molar-refractivity contribution in [2.75, 3.05) is 0 Å². The molecule has 2 aliphatic rings. The van der Waals surface area contributed by atoms with Gasteiger partial charge in [0.15, 0.2) is 0 Å². The van der Waals surface area contributed by atoms with Crippen LogP contribution in [0.25, 0.3) is 0 Å². The van der Waals surface area contributed by atoms with Gasteiger partial charge in [0.1, 0.15) is 24.0 Å². The number of ether oxygens (including phenoxy) is 2. The van der Waals surface area contributed by atoms with Gasteiger partial charge in [-0.1, -0.05) is 30.3 Å². The van der Waals surface area contributed by atoms with E-state index in [1.807, 2.05) is 30.3 Å². The van der Waals surface area contributed by atoms with Crippen LogP contribution >= 0.6 is 0 Å². The van der Waals surface area contributed by atoms with E-state index in [2.05, 4.69) is 16.4 Å². The third-order valence-electron chi connectivity index (χ3n) is 5.41. The normalized spacial score (nSPS) is 25.6. The Morgan fingerprint density at radius 1 is 1.22 bits per heavy atom. The maximum atomic E-state index is 11.9. The van der Waals surface area contributed by atoms with Gasteiger partial charge in [-0.2, -0.15) is 5.26 Å². The fourth-order valence-electron chi connectivity index (χ4n) is 4.09. The average Bonchev–Trinajstić information content (AvgIpc) is 2.64. The number of rotatable bonds is 5. The van der Waals surface area contributed by atoms with Gasteiger partial charge in [-0.3, -0.25) is 4.98 Å². The van der Waals surface area contributed by atoms with Crippen LogP contribution in [-0.2, 0) is 11.3 Å². The highest BCUT2D eigenvalue weighted by Crippen LogP contribution is 2.56. The number of hydrogen-bond donors (Lipinski definition) is 1. The highest BCUT2D eigenvalue weighted by Gasteiger charge is 2.54. The summed E-state index contributed by atoms with van der Waals surface area (Å²) in [6, 6.07) is 13.6. The van der Waals surface area contributed by atoms with Crippen molar-refractivity contribution in [1.29, 1.82) is 5.26 Å². The van der Waals surface area contributed by atoms with Gasteiger partial charge in [-0.15, -0.1) is 0 Å². The summed E-state index contributed by atoms with van der Waals surface area (Å²) >= 11 is 0. The summed E-state index contributed by atoms with van der Waals surface area (Å²) in [5.41, 5.74) is 1.71. The van der Waals surface area contributed by atoms with E-state index < -0.39 is 0 Å². The lowest BCUT2D eigenvalue weighted by molar-refractivity contribution is -0.0844. The minimum Gasteiger partial charge on any atom is -0.489 e. The Labute approximate surface area is 158 Å². The van der Waals surface area contributed by atoms with Crippen molar-refractivity contribution in [3.63, 3.8) is 0 Å². The molecule has 1 spiro atoms. The number of nitrogens with zero attached hydrogens (tertiary/aromatic N) is 2. The number of alkyl carbamates (subject to hydrolysis) is 1. The van der Waals surface area contributed by atoms with E-state index in [0.29, 0.717) is 11.3 Å². The third-order valence-corrected chi connectivity index (χ3v) is 5.41. The molecule has 27 heavy (non-hydrogen) atoms. The molecule has 1 aromatic heterocycles. The summed E-state index contributed by atoms with van der Waals surface area (Å²) in [5, 5.41) is 12.0. The van der Waals surface area contributed by atoms with Crippen LogP contribution in [0.1, 0.15) is 36.8 Å². The summed E-state index contributed by atoms with van der Waals surface area (Å²) in [6.07, 6.45) is 6.74. The van der Waals surface area contributed by atoms with Crippen molar-refractivity contribution in [3.05, 3.63) is 59.9 Å². The monoisotopic (exact) mass is 363 g/mol. The molecule has 1 aromatic carbocycles. The Bertz CT molecular complexity index is 848. The number of carbonyl (C=O) groups excluding carboxylic acids is 1. The molecule has 0 saturated heterocycles. The number of amides is 1. The molecule has 0 unspecified atom stereocenters. The Hall–Kier alpha value is -3.07. The van der Waals surface area contributed by atoms with Gasteiger partial charge in [0.05, 0.1) is 6.10 Å². The minimum absolute atomic E-state index is 0.130. The zero-order valence-corrected chi connectivity index (χ0v) is 14.9. The summed E-state index contributed by atoms with van der Waals surface area (Å²) < 4.78 is 11.2. The van der Waals surface area contributed by atoms with Crippen LogP contribution in [-0.4, -0.2) is 23.2 Å². The zero-order valence-electron chi connectivity index (χ0n) is 14.9. The Morgan fingerprint density at radius 3 is 2.74 bits per heavy atom. The van der Waals surface area contributed by atoms with E-state index in [-0.39, 0.29) is 30.3 Å². The van der Waals surface area contributed by atoms with Crippen LogP contribution in [0, 0.1) is 16.7 Å². The lowest BCUT2D eigenvalue weighted by atomic mass is 9.53. The maximum Gasteiger partial charge on any atom is 0.407 e. The number of hydrogen-bond acceptors (Lipinski definition) is 5. The molecule has 138 valence electrons. The smallest absolute Gasteiger partial charge is 0.407 e. The first kappa shape index (κ1) is 17.3. The number of benzene rings is 1. The second-order valence-electron chi connectivity index (χ2n) is 7.44. The van der Waals surface area contributed by atoms with Crippen molar-refractivity contribution in [2.24, 2.45) is 5.41 Å². The van der Waals surface area contributed by atoms with Gasteiger partial charge in [0.25, 0.3) is 0 Å². The number of nitriles is 1. The fraction of sp³-hybridized carbons (Fsp3) is 0.381. The second-order valence-corrected chi connectivity index (χ2v) is 7.44. The van der Waals surface area contributed by atoms with Crippen LogP contribution in [0.5, 0.6) is 5.75 Å². The van der Waals surface area contributed by atoms with Gasteiger partial charge < -0.3 is 14.8 Å². The zero-order chi connectivity index (χ0) is 18.7. The molecule has 2 saturated carbocycles. The molecule has 6 nitrogen and oxygen atoms in total. The van der Waals surface area contributed by atoms with Crippen molar-refractivity contribution < 1.29 is 14.3 Å². The Balaban J connectivity index is 1.17. The van der Waals surface area contributed by atoms with Crippen molar-refractivity contribution in [1.82, 2.24) is 10.3 Å². The van der Waals surface area contributed by atoms with Gasteiger partial charge in [-0.05, 0) is 42.7 Å². The van der Waals surface area contributed by atoms with Crippen LogP contribution in [0.2, 0.25) is 0 Å². The van der Waals surface area contributed by atoms with E-state index >= 15 is 0 Å². The van der Waals surface area contributed by atoms with Crippen LogP contribution in [0.15, 0.2) is 48.8 Å². The lowest BCUT2D eigenvalue weighted by Crippen LogP contribution is -2.58. The van der Waals surface area contributed by atoms with E-state index in [9.17, 15) is 4.79 Å². The fourth-order valence-corrected chi connectivity index (χ4v) is 4.09. The van der Waals surface area contributed by atoms with Gasteiger partial charge in [0.2, 0.25) is 0 Å². The predicted octanol–water partition coefficient (Wildman–Crippen LogP) is 3.57. The van der Waals surface area contributed by atoms with Crippen molar-refractivity contribution in [2.45, 2.75) is 44.4 Å². The molecule has 0 bridgehead atoms. The quantitative estimate of drug-likeness (QED) is 0.878. The molecule has 1 heterocycles. The SMILES string of the molecule is N#Cc1cnccc1OC1CC2(CC(NC(=O)OCc3ccccc3)C2)C1. The number of pyridine rings is 1. The first-order chi connectivity index (χ1) is 13.2. The molecule has 0 aliphatic heterocycles. The lowest BCUT2D eigenvalue weighted by Gasteiger charge is -2.57. The summed E-state index contributed by atoms with van der Waals surface area (Å²) in [6.45, 7) is 0.285. The molecule has 0 radical (unpaired) electrons. The highest BCUT2D eigenvalue weighted by molar-refractivity contribution is 5.67. The van der Waals surface area contributed by atoms with Crippen LogP contribution in [0.3, 0.4) is 0 Å². The minimum atomic E-state index is -0.360. The first-order valence-corrected chi connectivity index (χ1v) is 9.14.